The summed E-state index contributed by atoms with van der Waals surface area (Å²) in [6.07, 6.45) is 0.425. The minimum absolute atomic E-state index is 0.0406. The second-order valence-electron chi connectivity index (χ2n) is 3.20. The summed E-state index contributed by atoms with van der Waals surface area (Å²) in [7, 11) is -2.96. The number of nitrogens with zero attached hydrogens (tertiary/aromatic N) is 1. The van der Waals surface area contributed by atoms with Gasteiger partial charge in [-0.3, -0.25) is 0 Å². The third kappa shape index (κ3) is 1.38. The lowest BCUT2D eigenvalue weighted by molar-refractivity contribution is 0.592. The third-order valence-electron chi connectivity index (χ3n) is 2.24. The monoisotopic (exact) mass is 228 g/mol. The van der Waals surface area contributed by atoms with Gasteiger partial charge in [0.2, 0.25) is 0 Å². The Morgan fingerprint density at radius 1 is 1.50 bits per heavy atom. The van der Waals surface area contributed by atoms with E-state index in [1.165, 1.54) is 11.3 Å². The van der Waals surface area contributed by atoms with E-state index in [0.717, 1.165) is 10.4 Å². The molecule has 0 saturated carbocycles. The van der Waals surface area contributed by atoms with Crippen molar-refractivity contribution < 1.29 is 8.42 Å². The van der Waals surface area contributed by atoms with Gasteiger partial charge in [0, 0.05) is 4.88 Å². The number of anilines is 1. The number of nitrogen functional groups attached to an aromatic ring is 1. The number of nitriles is 1. The van der Waals surface area contributed by atoms with Crippen LogP contribution in [0, 0.1) is 11.3 Å². The summed E-state index contributed by atoms with van der Waals surface area (Å²) in [5, 5.41) is 9.26. The van der Waals surface area contributed by atoms with Crippen molar-refractivity contribution in [3.63, 3.8) is 0 Å². The maximum atomic E-state index is 11.3. The van der Waals surface area contributed by atoms with E-state index in [2.05, 4.69) is 0 Å². The van der Waals surface area contributed by atoms with Crippen LogP contribution in [-0.4, -0.2) is 14.2 Å². The topological polar surface area (TPSA) is 83.9 Å². The van der Waals surface area contributed by atoms with Crippen LogP contribution in [0.3, 0.4) is 0 Å². The highest BCUT2D eigenvalue weighted by molar-refractivity contribution is 7.90. The van der Waals surface area contributed by atoms with Crippen LogP contribution >= 0.6 is 11.3 Å². The average Bonchev–Trinajstić information content (AvgIpc) is 2.37. The second-order valence-corrected chi connectivity index (χ2v) is 6.52. The molecule has 0 aromatic carbocycles. The molecule has 0 bridgehead atoms. The molecule has 1 aromatic rings. The normalized spacial score (nSPS) is 18.5. The smallest absolute Gasteiger partial charge is 0.155 e. The molecule has 0 radical (unpaired) electrons. The Balaban J connectivity index is 2.58. The highest BCUT2D eigenvalue weighted by Crippen LogP contribution is 2.35. The standard InChI is InChI=1S/C8H8N2O2S2/c9-3-6-5-1-2-14(11,12)4-7(5)13-8(6)10/h1-2,4,10H2. The first-order chi connectivity index (χ1) is 6.53. The summed E-state index contributed by atoms with van der Waals surface area (Å²) in [6, 6.07) is 2.02. The van der Waals surface area contributed by atoms with Gasteiger partial charge in [0.15, 0.2) is 9.84 Å². The van der Waals surface area contributed by atoms with Crippen LogP contribution in [-0.2, 0) is 22.0 Å². The molecule has 1 aliphatic rings. The predicted octanol–water partition coefficient (Wildman–Crippen LogP) is 0.673. The zero-order chi connectivity index (χ0) is 10.3. The molecule has 1 aliphatic heterocycles. The lowest BCUT2D eigenvalue weighted by Gasteiger charge is -2.11. The second kappa shape index (κ2) is 2.97. The maximum absolute atomic E-state index is 11.3. The molecule has 74 valence electrons. The number of nitrogens with two attached hydrogens (primary N) is 1. The summed E-state index contributed by atoms with van der Waals surface area (Å²) >= 11 is 1.22. The Morgan fingerprint density at radius 2 is 2.21 bits per heavy atom. The van der Waals surface area contributed by atoms with Crippen molar-refractivity contribution in [3.8, 4) is 6.07 Å². The largest absolute Gasteiger partial charge is 0.389 e. The number of hydrogen-bond acceptors (Lipinski definition) is 5. The molecule has 0 spiro atoms. The Morgan fingerprint density at radius 3 is 2.86 bits per heavy atom. The molecule has 0 fully saturated rings. The summed E-state index contributed by atoms with van der Waals surface area (Å²) in [5.41, 5.74) is 6.93. The number of fused-ring (bicyclic) bond motifs is 1. The van der Waals surface area contributed by atoms with Crippen LogP contribution in [0.4, 0.5) is 5.00 Å². The summed E-state index contributed by atoms with van der Waals surface area (Å²) in [4.78, 5) is 0.741. The van der Waals surface area contributed by atoms with Crippen molar-refractivity contribution in [2.45, 2.75) is 12.2 Å². The van der Waals surface area contributed by atoms with E-state index in [-0.39, 0.29) is 11.5 Å². The summed E-state index contributed by atoms with van der Waals surface area (Å²) in [5.74, 6) is 0.170. The molecule has 1 aromatic heterocycles. The van der Waals surface area contributed by atoms with Crippen molar-refractivity contribution >= 4 is 26.2 Å². The maximum Gasteiger partial charge on any atom is 0.155 e. The molecule has 2 heterocycles. The van der Waals surface area contributed by atoms with Crippen LogP contribution in [0.5, 0.6) is 0 Å². The van der Waals surface area contributed by atoms with Gasteiger partial charge in [-0.1, -0.05) is 0 Å². The fourth-order valence-electron chi connectivity index (χ4n) is 1.57. The van der Waals surface area contributed by atoms with Crippen molar-refractivity contribution in [3.05, 3.63) is 16.0 Å². The zero-order valence-corrected chi connectivity index (χ0v) is 8.91. The predicted molar refractivity (Wildman–Crippen MR) is 54.6 cm³/mol. The molecular weight excluding hydrogens is 220 g/mol. The van der Waals surface area contributed by atoms with Gasteiger partial charge in [-0.05, 0) is 12.0 Å². The van der Waals surface area contributed by atoms with Gasteiger partial charge in [-0.15, -0.1) is 11.3 Å². The highest BCUT2D eigenvalue weighted by atomic mass is 32.2. The van der Waals surface area contributed by atoms with Crippen LogP contribution in [0.2, 0.25) is 0 Å². The quantitative estimate of drug-likeness (QED) is 0.707. The lowest BCUT2D eigenvalue weighted by atomic mass is 10.1. The van der Waals surface area contributed by atoms with Gasteiger partial charge >= 0.3 is 0 Å². The molecule has 14 heavy (non-hydrogen) atoms. The van der Waals surface area contributed by atoms with Crippen molar-refractivity contribution in [1.82, 2.24) is 0 Å². The molecule has 2 N–H and O–H groups in total. The molecule has 0 aliphatic carbocycles. The Kier molecular flexibility index (Phi) is 2.01. The van der Waals surface area contributed by atoms with E-state index in [1.54, 1.807) is 0 Å². The Hall–Kier alpha value is -1.06. The van der Waals surface area contributed by atoms with E-state index in [9.17, 15) is 8.42 Å². The first-order valence-corrected chi connectivity index (χ1v) is 6.68. The number of hydrogen-bond donors (Lipinski definition) is 1. The molecule has 0 atom stereocenters. The molecule has 0 saturated heterocycles. The number of sulfone groups is 1. The molecule has 6 heteroatoms. The van der Waals surface area contributed by atoms with Crippen LogP contribution in [0.25, 0.3) is 0 Å². The van der Waals surface area contributed by atoms with E-state index < -0.39 is 9.84 Å². The van der Waals surface area contributed by atoms with Crippen molar-refractivity contribution in [1.29, 1.82) is 5.26 Å². The summed E-state index contributed by atoms with van der Waals surface area (Å²) in [6.45, 7) is 0. The minimum atomic E-state index is -2.96. The van der Waals surface area contributed by atoms with Gasteiger partial charge in [0.25, 0.3) is 0 Å². The van der Waals surface area contributed by atoms with Crippen molar-refractivity contribution in [2.24, 2.45) is 0 Å². The van der Waals surface area contributed by atoms with Crippen LogP contribution in [0.15, 0.2) is 0 Å². The van der Waals surface area contributed by atoms with Gasteiger partial charge in [0.1, 0.15) is 11.1 Å². The first kappa shape index (κ1) is 9.49. The van der Waals surface area contributed by atoms with E-state index in [1.807, 2.05) is 6.07 Å². The van der Waals surface area contributed by atoms with Gasteiger partial charge in [-0.2, -0.15) is 5.26 Å². The molecule has 4 nitrogen and oxygen atoms in total. The lowest BCUT2D eigenvalue weighted by Crippen LogP contribution is -2.17. The van der Waals surface area contributed by atoms with Crippen LogP contribution in [0.1, 0.15) is 16.0 Å². The average molecular weight is 228 g/mol. The molecule has 0 unspecified atom stereocenters. The van der Waals surface area contributed by atoms with Gasteiger partial charge < -0.3 is 5.73 Å². The van der Waals surface area contributed by atoms with Gasteiger partial charge in [0.05, 0.1) is 17.1 Å². The fraction of sp³-hybridized carbons (Fsp3) is 0.375. The zero-order valence-electron chi connectivity index (χ0n) is 7.28. The first-order valence-electron chi connectivity index (χ1n) is 4.04. The minimum Gasteiger partial charge on any atom is -0.389 e. The number of thiophene rings is 1. The summed E-state index contributed by atoms with van der Waals surface area (Å²) < 4.78 is 22.6. The SMILES string of the molecule is N#Cc1c(N)sc2c1CCS(=O)(=O)C2. The van der Waals surface area contributed by atoms with E-state index in [0.29, 0.717) is 17.0 Å². The van der Waals surface area contributed by atoms with E-state index in [4.69, 9.17) is 11.0 Å². The Labute approximate surface area is 85.9 Å². The van der Waals surface area contributed by atoms with E-state index >= 15 is 0 Å². The van der Waals surface area contributed by atoms with Crippen molar-refractivity contribution in [2.75, 3.05) is 11.5 Å². The van der Waals surface area contributed by atoms with Gasteiger partial charge in [-0.25, -0.2) is 8.42 Å². The third-order valence-corrected chi connectivity index (χ3v) is 5.04. The Bertz CT molecular complexity index is 522. The fourth-order valence-corrected chi connectivity index (χ4v) is 4.44. The molecular formula is C8H8N2O2S2. The molecule has 0 amide bonds. The van der Waals surface area contributed by atoms with Crippen LogP contribution < -0.4 is 5.73 Å². The number of rotatable bonds is 0. The molecule has 2 rings (SSSR count). The highest BCUT2D eigenvalue weighted by Gasteiger charge is 2.26.